The Morgan fingerprint density at radius 3 is 2.78 bits per heavy atom. The monoisotopic (exact) mass is 468 g/mol. The van der Waals surface area contributed by atoms with Crippen molar-refractivity contribution in [2.45, 2.75) is 20.0 Å². The number of nitrogens with one attached hydrogen (secondary N) is 1. The molecule has 0 aliphatic heterocycles. The molecule has 0 unspecified atom stereocenters. The Labute approximate surface area is 161 Å². The number of aryl methyl sites for hydroxylation is 1. The smallest absolute Gasteiger partial charge is 0.194 e. The topological polar surface area (TPSA) is 40.5 Å². The average molecular weight is 469 g/mol. The molecule has 0 aliphatic rings. The Balaban J connectivity index is 0.00000264. The zero-order chi connectivity index (χ0) is 16.1. The quantitative estimate of drug-likeness (QED) is 0.418. The molecule has 0 atom stereocenters. The number of aliphatic imine (C=N–C) groups is 1. The van der Waals surface area contributed by atoms with Gasteiger partial charge in [0.05, 0.1) is 22.3 Å². The number of benzene rings is 1. The molecule has 1 N–H and O–H groups in total. The molecule has 0 saturated heterocycles. The van der Waals surface area contributed by atoms with Crippen molar-refractivity contribution >= 4 is 52.9 Å². The summed E-state index contributed by atoms with van der Waals surface area (Å²) in [6.07, 6.45) is 0. The molecule has 1 heterocycles. The SMILES string of the molecule is CN=C(NCc1ccc(F)c(Cl)c1)N(C)Cc1csc(C)n1.I. The fourth-order valence-corrected chi connectivity index (χ4v) is 2.82. The molecule has 0 bridgehead atoms. The van der Waals surface area contributed by atoms with E-state index in [2.05, 4.69) is 15.3 Å². The number of nitrogens with zero attached hydrogens (tertiary/aromatic N) is 3. The van der Waals surface area contributed by atoms with Crippen LogP contribution in [0.3, 0.4) is 0 Å². The van der Waals surface area contributed by atoms with Gasteiger partial charge in [0.15, 0.2) is 5.96 Å². The molecule has 0 radical (unpaired) electrons. The van der Waals surface area contributed by atoms with E-state index >= 15 is 0 Å². The van der Waals surface area contributed by atoms with Gasteiger partial charge in [0.25, 0.3) is 0 Å². The van der Waals surface area contributed by atoms with Gasteiger partial charge in [-0.2, -0.15) is 0 Å². The van der Waals surface area contributed by atoms with Crippen LogP contribution >= 0.6 is 46.9 Å². The Morgan fingerprint density at radius 2 is 2.22 bits per heavy atom. The predicted octanol–water partition coefficient (Wildman–Crippen LogP) is 4.07. The summed E-state index contributed by atoms with van der Waals surface area (Å²) in [6, 6.07) is 4.68. The zero-order valence-electron chi connectivity index (χ0n) is 13.1. The van der Waals surface area contributed by atoms with Crippen LogP contribution in [0.5, 0.6) is 0 Å². The lowest BCUT2D eigenvalue weighted by Crippen LogP contribution is -2.38. The lowest BCUT2D eigenvalue weighted by molar-refractivity contribution is 0.470. The summed E-state index contributed by atoms with van der Waals surface area (Å²) in [6.45, 7) is 3.18. The van der Waals surface area contributed by atoms with Gasteiger partial charge in [-0.1, -0.05) is 17.7 Å². The molecule has 0 fully saturated rings. The van der Waals surface area contributed by atoms with Crippen LogP contribution in [0.2, 0.25) is 5.02 Å². The minimum absolute atomic E-state index is 0. The number of thiazole rings is 1. The predicted molar refractivity (Wildman–Crippen MR) is 105 cm³/mol. The van der Waals surface area contributed by atoms with E-state index in [1.54, 1.807) is 30.5 Å². The molecule has 0 aliphatic carbocycles. The minimum atomic E-state index is -0.411. The molecule has 1 aromatic carbocycles. The van der Waals surface area contributed by atoms with Gasteiger partial charge in [-0.05, 0) is 24.6 Å². The number of aromatic nitrogens is 1. The lowest BCUT2D eigenvalue weighted by Gasteiger charge is -2.21. The van der Waals surface area contributed by atoms with Crippen molar-refractivity contribution in [1.82, 2.24) is 15.2 Å². The number of rotatable bonds is 4. The average Bonchev–Trinajstić information content (AvgIpc) is 2.88. The third kappa shape index (κ3) is 5.89. The van der Waals surface area contributed by atoms with Crippen molar-refractivity contribution in [3.63, 3.8) is 0 Å². The molecule has 8 heteroatoms. The number of hydrogen-bond donors (Lipinski definition) is 1. The summed E-state index contributed by atoms with van der Waals surface area (Å²) >= 11 is 7.42. The first-order chi connectivity index (χ1) is 10.5. The fourth-order valence-electron chi connectivity index (χ4n) is 2.01. The number of halogens is 3. The van der Waals surface area contributed by atoms with Crippen LogP contribution < -0.4 is 5.32 Å². The lowest BCUT2D eigenvalue weighted by atomic mass is 10.2. The summed E-state index contributed by atoms with van der Waals surface area (Å²) in [5.74, 6) is 0.330. The molecule has 2 rings (SSSR count). The van der Waals surface area contributed by atoms with Gasteiger partial charge >= 0.3 is 0 Å². The van der Waals surface area contributed by atoms with Gasteiger partial charge in [-0.15, -0.1) is 35.3 Å². The van der Waals surface area contributed by atoms with Crippen LogP contribution in [-0.2, 0) is 13.1 Å². The van der Waals surface area contributed by atoms with Crippen molar-refractivity contribution in [2.24, 2.45) is 4.99 Å². The van der Waals surface area contributed by atoms with Crippen LogP contribution in [0.15, 0.2) is 28.6 Å². The van der Waals surface area contributed by atoms with Crippen LogP contribution in [-0.4, -0.2) is 29.9 Å². The van der Waals surface area contributed by atoms with Gasteiger partial charge < -0.3 is 10.2 Å². The van der Waals surface area contributed by atoms with Gasteiger partial charge in [0.1, 0.15) is 5.82 Å². The van der Waals surface area contributed by atoms with Crippen LogP contribution in [0, 0.1) is 12.7 Å². The van der Waals surface area contributed by atoms with Gasteiger partial charge in [0, 0.05) is 26.0 Å². The van der Waals surface area contributed by atoms with E-state index in [9.17, 15) is 4.39 Å². The molecule has 0 amide bonds. The standard InChI is InChI=1S/C15H18ClFN4S.HI/c1-10-20-12(9-22-10)8-21(3)15(18-2)19-7-11-4-5-14(17)13(16)6-11;/h4-6,9H,7-8H2,1-3H3,(H,18,19);1H. The highest BCUT2D eigenvalue weighted by atomic mass is 127. The van der Waals surface area contributed by atoms with E-state index in [1.165, 1.54) is 6.07 Å². The Kier molecular flexibility index (Phi) is 8.21. The summed E-state index contributed by atoms with van der Waals surface area (Å²) in [7, 11) is 3.67. The van der Waals surface area contributed by atoms with Crippen molar-refractivity contribution in [3.05, 3.63) is 50.7 Å². The van der Waals surface area contributed by atoms with E-state index in [0.717, 1.165) is 22.2 Å². The largest absolute Gasteiger partial charge is 0.352 e. The van der Waals surface area contributed by atoms with Gasteiger partial charge in [-0.3, -0.25) is 4.99 Å². The molecule has 0 saturated carbocycles. The van der Waals surface area contributed by atoms with Crippen molar-refractivity contribution < 1.29 is 4.39 Å². The fraction of sp³-hybridized carbons (Fsp3) is 0.333. The molecule has 126 valence electrons. The third-order valence-corrected chi connectivity index (χ3v) is 4.19. The van der Waals surface area contributed by atoms with Crippen LogP contribution in [0.25, 0.3) is 0 Å². The van der Waals surface area contributed by atoms with E-state index in [-0.39, 0.29) is 29.0 Å². The van der Waals surface area contributed by atoms with E-state index < -0.39 is 5.82 Å². The third-order valence-electron chi connectivity index (χ3n) is 3.07. The Bertz CT molecular complexity index is 677. The van der Waals surface area contributed by atoms with Crippen LogP contribution in [0.4, 0.5) is 4.39 Å². The molecule has 0 spiro atoms. The first-order valence-electron chi connectivity index (χ1n) is 6.76. The first kappa shape index (κ1) is 20.1. The summed E-state index contributed by atoms with van der Waals surface area (Å²) in [5.41, 5.74) is 1.91. The van der Waals surface area contributed by atoms with E-state index in [4.69, 9.17) is 11.6 Å². The second kappa shape index (κ2) is 9.39. The second-order valence-corrected chi connectivity index (χ2v) is 6.33. The molecule has 1 aromatic heterocycles. The molecule has 2 aromatic rings. The highest BCUT2D eigenvalue weighted by Gasteiger charge is 2.09. The van der Waals surface area contributed by atoms with Gasteiger partial charge in [-0.25, -0.2) is 9.37 Å². The van der Waals surface area contributed by atoms with E-state index in [1.807, 2.05) is 24.3 Å². The molecular weight excluding hydrogens is 450 g/mol. The maximum Gasteiger partial charge on any atom is 0.194 e. The highest BCUT2D eigenvalue weighted by molar-refractivity contribution is 14.0. The number of hydrogen-bond acceptors (Lipinski definition) is 3. The number of guanidine groups is 1. The second-order valence-electron chi connectivity index (χ2n) is 4.86. The van der Waals surface area contributed by atoms with Crippen LogP contribution in [0.1, 0.15) is 16.3 Å². The van der Waals surface area contributed by atoms with Crippen molar-refractivity contribution in [2.75, 3.05) is 14.1 Å². The first-order valence-corrected chi connectivity index (χ1v) is 8.02. The Morgan fingerprint density at radius 1 is 1.48 bits per heavy atom. The maximum atomic E-state index is 13.1. The molecular formula is C15H19ClFIN4S. The minimum Gasteiger partial charge on any atom is -0.352 e. The maximum absolute atomic E-state index is 13.1. The molecule has 4 nitrogen and oxygen atoms in total. The van der Waals surface area contributed by atoms with Crippen molar-refractivity contribution in [1.29, 1.82) is 0 Å². The summed E-state index contributed by atoms with van der Waals surface area (Å²) in [4.78, 5) is 10.7. The van der Waals surface area contributed by atoms with E-state index in [0.29, 0.717) is 13.1 Å². The summed E-state index contributed by atoms with van der Waals surface area (Å²) < 4.78 is 13.1. The Hall–Kier alpha value is -0.930. The van der Waals surface area contributed by atoms with Crippen molar-refractivity contribution in [3.8, 4) is 0 Å². The normalized spacial score (nSPS) is 11.1. The molecule has 23 heavy (non-hydrogen) atoms. The zero-order valence-corrected chi connectivity index (χ0v) is 17.0. The summed E-state index contributed by atoms with van der Waals surface area (Å²) in [5, 5.41) is 6.44. The highest BCUT2D eigenvalue weighted by Crippen LogP contribution is 2.16. The van der Waals surface area contributed by atoms with Gasteiger partial charge in [0.2, 0.25) is 0 Å².